The number of hydrogen-bond donors (Lipinski definition) is 2. The lowest BCUT2D eigenvalue weighted by Crippen LogP contribution is -2.36. The van der Waals surface area contributed by atoms with Crippen molar-refractivity contribution >= 4 is 34.8 Å². The molecule has 0 fully saturated rings. The number of carbonyl (C=O) groups is 2. The molecule has 170 valence electrons. The summed E-state index contributed by atoms with van der Waals surface area (Å²) < 4.78 is 10.7. The summed E-state index contributed by atoms with van der Waals surface area (Å²) in [7, 11) is 3.16. The zero-order valence-electron chi connectivity index (χ0n) is 18.3. The largest absolute Gasteiger partial charge is 0.493 e. The quantitative estimate of drug-likeness (QED) is 0.327. The van der Waals surface area contributed by atoms with Crippen molar-refractivity contribution in [2.75, 3.05) is 20.8 Å². The van der Waals surface area contributed by atoms with E-state index >= 15 is 0 Å². The highest BCUT2D eigenvalue weighted by Crippen LogP contribution is 2.32. The van der Waals surface area contributed by atoms with Crippen molar-refractivity contribution in [3.63, 3.8) is 0 Å². The molecule has 0 aliphatic carbocycles. The molecule has 8 heteroatoms. The van der Waals surface area contributed by atoms with Gasteiger partial charge in [0.05, 0.1) is 19.8 Å². The summed E-state index contributed by atoms with van der Waals surface area (Å²) in [5, 5.41) is 10.9. The lowest BCUT2D eigenvalue weighted by molar-refractivity contribution is -0.125. The predicted molar refractivity (Wildman–Crippen MR) is 127 cm³/mol. The number of hydrogen-bond acceptors (Lipinski definition) is 6. The van der Waals surface area contributed by atoms with Gasteiger partial charge in [0.2, 0.25) is 0 Å². The highest BCUT2D eigenvalue weighted by atomic mass is 32.1. The van der Waals surface area contributed by atoms with Crippen LogP contribution < -0.4 is 15.0 Å². The summed E-state index contributed by atoms with van der Waals surface area (Å²) in [4.78, 5) is 28.1. The van der Waals surface area contributed by atoms with Crippen LogP contribution in [-0.2, 0) is 17.8 Å². The second kappa shape index (κ2) is 9.89. The molecule has 2 N–H and O–H groups in total. The Morgan fingerprint density at radius 2 is 1.88 bits per heavy atom. The van der Waals surface area contributed by atoms with Gasteiger partial charge in [-0.2, -0.15) is 0 Å². The third kappa shape index (κ3) is 4.76. The van der Waals surface area contributed by atoms with Crippen molar-refractivity contribution < 1.29 is 24.3 Å². The topological polar surface area (TPSA) is 88.1 Å². The SMILES string of the molecule is COc1ccc(/C=C(/C(=O)N2CCc3ccc(C(=O)NO)cc3C2)c2cccs2)cc1OC. The Bertz CT molecular complexity index is 1200. The number of carbonyl (C=O) groups excluding carboxylic acids is 2. The van der Waals surface area contributed by atoms with Crippen LogP contribution in [0.2, 0.25) is 0 Å². The number of methoxy groups -OCH3 is 2. The number of fused-ring (bicyclic) bond motifs is 1. The number of hydroxylamine groups is 1. The first-order valence-corrected chi connectivity index (χ1v) is 11.2. The first-order valence-electron chi connectivity index (χ1n) is 10.4. The van der Waals surface area contributed by atoms with E-state index in [2.05, 4.69) is 0 Å². The molecular formula is C25H24N2O5S. The van der Waals surface area contributed by atoms with E-state index in [-0.39, 0.29) is 5.91 Å². The van der Waals surface area contributed by atoms with Gasteiger partial charge in [0.25, 0.3) is 11.8 Å². The fourth-order valence-electron chi connectivity index (χ4n) is 3.89. The Labute approximate surface area is 195 Å². The van der Waals surface area contributed by atoms with Crippen molar-refractivity contribution in [1.82, 2.24) is 10.4 Å². The molecule has 1 aromatic heterocycles. The average Bonchev–Trinajstić information content (AvgIpc) is 3.40. The van der Waals surface area contributed by atoms with Gasteiger partial charge in [-0.25, -0.2) is 5.48 Å². The molecule has 7 nitrogen and oxygen atoms in total. The Kier molecular flexibility index (Phi) is 6.76. The molecule has 1 aliphatic rings. The lowest BCUT2D eigenvalue weighted by atomic mass is 9.96. The number of nitrogens with one attached hydrogen (secondary N) is 1. The number of amides is 2. The molecule has 0 radical (unpaired) electrons. The Morgan fingerprint density at radius 3 is 2.58 bits per heavy atom. The predicted octanol–water partition coefficient (Wildman–Crippen LogP) is 4.01. The third-order valence-corrected chi connectivity index (χ3v) is 6.51. The molecule has 33 heavy (non-hydrogen) atoms. The Morgan fingerprint density at radius 1 is 1.06 bits per heavy atom. The van der Waals surface area contributed by atoms with Crippen molar-refractivity contribution in [3.05, 3.63) is 81.0 Å². The summed E-state index contributed by atoms with van der Waals surface area (Å²) in [5.74, 6) is 0.545. The fraction of sp³-hybridized carbons (Fsp3) is 0.200. The first-order chi connectivity index (χ1) is 16.0. The van der Waals surface area contributed by atoms with Crippen LogP contribution in [0.15, 0.2) is 53.9 Å². The molecule has 0 spiro atoms. The van der Waals surface area contributed by atoms with Gasteiger partial charge >= 0.3 is 0 Å². The monoisotopic (exact) mass is 464 g/mol. The Balaban J connectivity index is 1.66. The third-order valence-electron chi connectivity index (χ3n) is 5.61. The minimum absolute atomic E-state index is 0.0881. The summed E-state index contributed by atoms with van der Waals surface area (Å²) in [6, 6.07) is 14.7. The van der Waals surface area contributed by atoms with E-state index in [1.54, 1.807) is 36.7 Å². The summed E-state index contributed by atoms with van der Waals surface area (Å²) >= 11 is 1.50. The van der Waals surface area contributed by atoms with Gasteiger partial charge in [0.15, 0.2) is 11.5 Å². The van der Waals surface area contributed by atoms with Gasteiger partial charge in [-0.15, -0.1) is 11.3 Å². The van der Waals surface area contributed by atoms with E-state index in [4.69, 9.17) is 14.7 Å². The number of ether oxygens (including phenoxy) is 2. The first kappa shape index (κ1) is 22.6. The minimum Gasteiger partial charge on any atom is -0.493 e. The van der Waals surface area contributed by atoms with Gasteiger partial charge < -0.3 is 14.4 Å². The average molecular weight is 465 g/mol. The minimum atomic E-state index is -0.575. The van der Waals surface area contributed by atoms with Gasteiger partial charge in [0.1, 0.15) is 0 Å². The molecule has 1 aliphatic heterocycles. The molecule has 4 rings (SSSR count). The molecule has 2 aromatic carbocycles. The molecule has 0 bridgehead atoms. The van der Waals surface area contributed by atoms with Crippen molar-refractivity contribution in [3.8, 4) is 11.5 Å². The van der Waals surface area contributed by atoms with Crippen LogP contribution in [-0.4, -0.2) is 42.7 Å². The maximum atomic E-state index is 13.7. The van der Waals surface area contributed by atoms with E-state index in [9.17, 15) is 9.59 Å². The second-order valence-electron chi connectivity index (χ2n) is 7.55. The number of benzene rings is 2. The molecule has 3 aromatic rings. The van der Waals surface area contributed by atoms with E-state index in [0.29, 0.717) is 42.1 Å². The number of rotatable bonds is 6. The van der Waals surface area contributed by atoms with Crippen LogP contribution in [0.3, 0.4) is 0 Å². The molecule has 0 unspecified atom stereocenters. The number of thiophene rings is 1. The van der Waals surface area contributed by atoms with Crippen LogP contribution in [0, 0.1) is 0 Å². The summed E-state index contributed by atoms with van der Waals surface area (Å²) in [6.07, 6.45) is 2.55. The van der Waals surface area contributed by atoms with E-state index in [1.165, 1.54) is 11.3 Å². The van der Waals surface area contributed by atoms with Gasteiger partial charge in [-0.05, 0) is 64.9 Å². The van der Waals surface area contributed by atoms with Crippen LogP contribution in [0.5, 0.6) is 11.5 Å². The lowest BCUT2D eigenvalue weighted by Gasteiger charge is -2.30. The molecular weight excluding hydrogens is 440 g/mol. The van der Waals surface area contributed by atoms with E-state index in [1.807, 2.05) is 47.9 Å². The van der Waals surface area contributed by atoms with Crippen molar-refractivity contribution in [2.24, 2.45) is 0 Å². The maximum absolute atomic E-state index is 13.7. The summed E-state index contributed by atoms with van der Waals surface area (Å²) in [5.41, 5.74) is 5.41. The van der Waals surface area contributed by atoms with Gasteiger partial charge in [-0.3, -0.25) is 14.8 Å². The van der Waals surface area contributed by atoms with Crippen molar-refractivity contribution in [2.45, 2.75) is 13.0 Å². The van der Waals surface area contributed by atoms with Gasteiger partial charge in [0, 0.05) is 23.5 Å². The highest BCUT2D eigenvalue weighted by Gasteiger charge is 2.25. The zero-order valence-corrected chi connectivity index (χ0v) is 19.1. The molecule has 0 atom stereocenters. The molecule has 2 amide bonds. The summed E-state index contributed by atoms with van der Waals surface area (Å²) in [6.45, 7) is 0.960. The van der Waals surface area contributed by atoms with Crippen LogP contribution in [0.1, 0.15) is 31.9 Å². The van der Waals surface area contributed by atoms with Crippen LogP contribution in [0.25, 0.3) is 11.6 Å². The van der Waals surface area contributed by atoms with E-state index in [0.717, 1.165) is 21.6 Å². The normalized spacial score (nSPS) is 13.3. The van der Waals surface area contributed by atoms with Crippen molar-refractivity contribution in [1.29, 1.82) is 0 Å². The van der Waals surface area contributed by atoms with Crippen LogP contribution in [0.4, 0.5) is 0 Å². The molecule has 0 saturated carbocycles. The van der Waals surface area contributed by atoms with E-state index < -0.39 is 5.91 Å². The molecule has 2 heterocycles. The highest BCUT2D eigenvalue weighted by molar-refractivity contribution is 7.11. The second-order valence-corrected chi connectivity index (χ2v) is 8.50. The zero-order chi connectivity index (χ0) is 23.4. The molecule has 0 saturated heterocycles. The number of nitrogens with zero attached hydrogens (tertiary/aromatic N) is 1. The maximum Gasteiger partial charge on any atom is 0.274 e. The standard InChI is InChI=1S/C25H24N2O5S/c1-31-21-8-5-16(13-22(21)32-2)12-20(23-4-3-11-33-23)25(29)27-10-9-17-6-7-18(24(28)26-30)14-19(17)15-27/h3-8,11-14,30H,9-10,15H2,1-2H3,(H,26,28)/b20-12+. The smallest absolute Gasteiger partial charge is 0.274 e. The Hall–Kier alpha value is -3.62. The fourth-order valence-corrected chi connectivity index (χ4v) is 4.62. The van der Waals surface area contributed by atoms with Crippen LogP contribution >= 0.6 is 11.3 Å². The van der Waals surface area contributed by atoms with Gasteiger partial charge in [-0.1, -0.05) is 18.2 Å².